The zero-order chi connectivity index (χ0) is 28.6. The van der Waals surface area contributed by atoms with Crippen LogP contribution in [0.3, 0.4) is 0 Å². The molecule has 3 aromatic rings. The molecule has 2 aromatic carbocycles. The van der Waals surface area contributed by atoms with Gasteiger partial charge in [0.25, 0.3) is 5.79 Å². The van der Waals surface area contributed by atoms with E-state index in [0.29, 0.717) is 41.2 Å². The maximum atomic E-state index is 14.8. The number of fused-ring (bicyclic) bond motifs is 1. The third-order valence-electron chi connectivity index (χ3n) is 8.25. The largest absolute Gasteiger partial charge is 0.478 e. The molecular weight excluding hydrogens is 549 g/mol. The van der Waals surface area contributed by atoms with Gasteiger partial charge in [0, 0.05) is 42.7 Å². The number of likely N-dealkylation sites (tertiary alicyclic amines) is 1. The zero-order valence-corrected chi connectivity index (χ0v) is 23.6. The number of nitrogens with zero attached hydrogens (tertiary/aromatic N) is 3. The highest BCUT2D eigenvalue weighted by Crippen LogP contribution is 2.49. The van der Waals surface area contributed by atoms with E-state index in [-0.39, 0.29) is 5.92 Å². The van der Waals surface area contributed by atoms with Crippen molar-refractivity contribution in [1.29, 1.82) is 0 Å². The number of imidazole rings is 1. The second kappa shape index (κ2) is 11.5. The Morgan fingerprint density at radius 2 is 2.05 bits per heavy atom. The average molecular weight is 582 g/mol. The van der Waals surface area contributed by atoms with Crippen LogP contribution in [0, 0.1) is 11.7 Å². The van der Waals surface area contributed by atoms with Crippen LogP contribution in [-0.4, -0.2) is 51.8 Å². The number of hydrogen-bond acceptors (Lipinski definition) is 6. The highest BCUT2D eigenvalue weighted by molar-refractivity contribution is 6.30. The van der Waals surface area contributed by atoms with Crippen LogP contribution in [-0.2, 0) is 28.4 Å². The van der Waals surface area contributed by atoms with Gasteiger partial charge >= 0.3 is 5.97 Å². The van der Waals surface area contributed by atoms with Crippen molar-refractivity contribution in [2.75, 3.05) is 26.3 Å². The summed E-state index contributed by atoms with van der Waals surface area (Å²) in [7, 11) is 0. The number of carboxylic acid groups (broad SMARTS) is 1. The summed E-state index contributed by atoms with van der Waals surface area (Å²) >= 11 is 5.96. The second-order valence-corrected chi connectivity index (χ2v) is 11.5. The fourth-order valence-electron chi connectivity index (χ4n) is 6.08. The lowest BCUT2D eigenvalue weighted by Gasteiger charge is -2.32. The Morgan fingerprint density at radius 1 is 1.22 bits per heavy atom. The number of hydrogen-bond donors (Lipinski definition) is 1. The predicted molar refractivity (Wildman–Crippen MR) is 152 cm³/mol. The van der Waals surface area contributed by atoms with Crippen molar-refractivity contribution >= 4 is 23.6 Å². The van der Waals surface area contributed by atoms with E-state index in [1.807, 2.05) is 12.1 Å². The molecule has 0 aliphatic carbocycles. The fraction of sp³-hybridized carbons (Fsp3) is 0.419. The van der Waals surface area contributed by atoms with Crippen molar-refractivity contribution < 1.29 is 28.5 Å². The summed E-state index contributed by atoms with van der Waals surface area (Å²) < 4.78 is 35.0. The quantitative estimate of drug-likeness (QED) is 0.335. The number of carbonyl (C=O) groups is 1. The van der Waals surface area contributed by atoms with Crippen molar-refractivity contribution in [3.8, 4) is 11.5 Å². The minimum absolute atomic E-state index is 0.270. The first kappa shape index (κ1) is 27.8. The van der Waals surface area contributed by atoms with Gasteiger partial charge in [-0.15, -0.1) is 0 Å². The Morgan fingerprint density at radius 3 is 2.78 bits per heavy atom. The first-order valence-electron chi connectivity index (χ1n) is 14.0. The monoisotopic (exact) mass is 581 g/mol. The number of aliphatic carboxylic acids is 1. The molecule has 1 aromatic heterocycles. The lowest BCUT2D eigenvalue weighted by molar-refractivity contribution is -0.131. The van der Waals surface area contributed by atoms with Crippen LogP contribution in [0.4, 0.5) is 4.39 Å². The molecule has 0 amide bonds. The van der Waals surface area contributed by atoms with E-state index in [4.69, 9.17) is 30.9 Å². The summed E-state index contributed by atoms with van der Waals surface area (Å²) in [6.45, 7) is 6.38. The van der Waals surface area contributed by atoms with Crippen molar-refractivity contribution in [1.82, 2.24) is 14.5 Å². The number of halogens is 2. The summed E-state index contributed by atoms with van der Waals surface area (Å²) in [5.74, 6) is 0.148. The molecule has 0 bridgehead atoms. The maximum Gasteiger partial charge on any atom is 0.328 e. The third kappa shape index (κ3) is 5.84. The number of piperidine rings is 1. The van der Waals surface area contributed by atoms with Gasteiger partial charge < -0.3 is 23.9 Å². The topological polar surface area (TPSA) is 86.1 Å². The van der Waals surface area contributed by atoms with Gasteiger partial charge in [0.2, 0.25) is 0 Å². The van der Waals surface area contributed by atoms with E-state index in [9.17, 15) is 9.18 Å². The summed E-state index contributed by atoms with van der Waals surface area (Å²) in [6.07, 6.45) is 7.36. The number of benzene rings is 2. The highest BCUT2D eigenvalue weighted by atomic mass is 35.5. The Labute approximate surface area is 243 Å². The van der Waals surface area contributed by atoms with E-state index >= 15 is 0 Å². The summed E-state index contributed by atoms with van der Waals surface area (Å²) in [4.78, 5) is 18.2. The van der Waals surface area contributed by atoms with Crippen molar-refractivity contribution in [2.45, 2.75) is 51.0 Å². The molecule has 10 heteroatoms. The average Bonchev–Trinajstić information content (AvgIpc) is 3.67. The Hall–Kier alpha value is -3.40. The third-order valence-corrected chi connectivity index (χ3v) is 8.49. The fourth-order valence-corrected chi connectivity index (χ4v) is 6.24. The molecule has 0 spiro atoms. The van der Waals surface area contributed by atoms with Gasteiger partial charge in [-0.1, -0.05) is 23.7 Å². The maximum absolute atomic E-state index is 14.8. The first-order valence-corrected chi connectivity index (χ1v) is 14.4. The molecule has 216 valence electrons. The molecule has 0 saturated carbocycles. The van der Waals surface area contributed by atoms with Gasteiger partial charge in [0.15, 0.2) is 11.5 Å². The Kier molecular flexibility index (Phi) is 7.76. The molecule has 1 N–H and O–H groups in total. The van der Waals surface area contributed by atoms with Gasteiger partial charge in [-0.2, -0.15) is 0 Å². The highest BCUT2D eigenvalue weighted by Gasteiger charge is 2.43. The molecule has 2 unspecified atom stereocenters. The van der Waals surface area contributed by atoms with Crippen LogP contribution in [0.25, 0.3) is 6.08 Å². The van der Waals surface area contributed by atoms with Crippen molar-refractivity contribution in [3.05, 3.63) is 82.2 Å². The predicted octanol–water partition coefficient (Wildman–Crippen LogP) is 5.83. The van der Waals surface area contributed by atoms with Crippen LogP contribution in [0.5, 0.6) is 11.5 Å². The van der Waals surface area contributed by atoms with E-state index < -0.39 is 17.6 Å². The molecule has 2 saturated heterocycles. The van der Waals surface area contributed by atoms with Gasteiger partial charge in [0.05, 0.1) is 30.6 Å². The molecule has 3 aliphatic rings. The minimum Gasteiger partial charge on any atom is -0.478 e. The SMILES string of the molecule is CC1(c2ccc(Cl)cc2F)Oc2cccc(C3CCN(Cc4ncc(/C=C/C(=O)O)n4CC4CCOC4)CC3)c2O1. The Balaban J connectivity index is 1.14. The number of aromatic nitrogens is 2. The van der Waals surface area contributed by atoms with E-state index in [1.165, 1.54) is 6.07 Å². The van der Waals surface area contributed by atoms with Crippen LogP contribution < -0.4 is 9.47 Å². The molecule has 8 nitrogen and oxygen atoms in total. The lowest BCUT2D eigenvalue weighted by atomic mass is 9.88. The summed E-state index contributed by atoms with van der Waals surface area (Å²) in [5.41, 5.74) is 2.17. The standard InChI is InChI=1S/C31H33ClFN3O5/c1-31(25-7-5-22(32)15-26(25)33)40-27-4-2-3-24(30(27)41-31)21-9-12-35(13-10-21)18-28-34-16-23(6-8-29(37)38)36(28)17-20-11-14-39-19-20/h2-8,15-16,20-21H,9-14,17-19H2,1H3,(H,37,38)/b8-6+. The molecule has 6 rings (SSSR count). The van der Waals surface area contributed by atoms with Crippen LogP contribution in [0.1, 0.15) is 54.7 Å². The van der Waals surface area contributed by atoms with Crippen molar-refractivity contribution in [3.63, 3.8) is 0 Å². The number of para-hydroxylation sites is 1. The van der Waals surface area contributed by atoms with Gasteiger partial charge in [-0.3, -0.25) is 4.90 Å². The second-order valence-electron chi connectivity index (χ2n) is 11.1. The Bertz CT molecular complexity index is 1460. The van der Waals surface area contributed by atoms with Gasteiger partial charge in [-0.05, 0) is 68.6 Å². The molecule has 2 atom stereocenters. The number of carboxylic acids is 1. The van der Waals surface area contributed by atoms with E-state index in [1.54, 1.807) is 31.3 Å². The van der Waals surface area contributed by atoms with E-state index in [0.717, 1.165) is 68.7 Å². The summed E-state index contributed by atoms with van der Waals surface area (Å²) in [5, 5.41) is 9.44. The summed E-state index contributed by atoms with van der Waals surface area (Å²) in [6, 6.07) is 10.4. The molecule has 2 fully saturated rings. The molecule has 0 radical (unpaired) electrons. The van der Waals surface area contributed by atoms with Crippen molar-refractivity contribution in [2.24, 2.45) is 5.92 Å². The molecule has 3 aliphatic heterocycles. The number of rotatable bonds is 8. The molecule has 4 heterocycles. The normalized spacial score (nSPS) is 23.0. The van der Waals surface area contributed by atoms with Crippen LogP contribution >= 0.6 is 11.6 Å². The smallest absolute Gasteiger partial charge is 0.328 e. The number of ether oxygens (including phenoxy) is 3. The van der Waals surface area contributed by atoms with Crippen LogP contribution in [0.2, 0.25) is 5.02 Å². The van der Waals surface area contributed by atoms with E-state index in [2.05, 4.69) is 20.5 Å². The lowest BCUT2D eigenvalue weighted by Crippen LogP contribution is -2.34. The minimum atomic E-state index is -1.28. The van der Waals surface area contributed by atoms with Gasteiger partial charge in [0.1, 0.15) is 11.6 Å². The first-order chi connectivity index (χ1) is 19.8. The molecule has 41 heavy (non-hydrogen) atoms. The van der Waals surface area contributed by atoms with Gasteiger partial charge in [-0.25, -0.2) is 14.2 Å². The molecular formula is C31H33ClFN3O5. The van der Waals surface area contributed by atoms with Crippen LogP contribution in [0.15, 0.2) is 48.7 Å². The zero-order valence-electron chi connectivity index (χ0n) is 22.9.